The highest BCUT2D eigenvalue weighted by Gasteiger charge is 2.29. The molecule has 2 heterocycles. The zero-order valence-electron chi connectivity index (χ0n) is 14.1. The molecule has 0 spiro atoms. The molecule has 24 heavy (non-hydrogen) atoms. The molecule has 1 aromatic rings. The van der Waals surface area contributed by atoms with Gasteiger partial charge in [0.05, 0.1) is 5.92 Å². The average Bonchev–Trinajstić information content (AvgIpc) is 3.14. The first-order valence-corrected chi connectivity index (χ1v) is 9.91. The highest BCUT2D eigenvalue weighted by molar-refractivity contribution is 7.10. The Bertz CT molecular complexity index is 576. The van der Waals surface area contributed by atoms with Gasteiger partial charge in [-0.2, -0.15) is 0 Å². The lowest BCUT2D eigenvalue weighted by Gasteiger charge is -2.33. The van der Waals surface area contributed by atoms with Gasteiger partial charge >= 0.3 is 0 Å². The van der Waals surface area contributed by atoms with Crippen molar-refractivity contribution in [3.8, 4) is 0 Å². The molecule has 1 saturated carbocycles. The van der Waals surface area contributed by atoms with Gasteiger partial charge in [0.1, 0.15) is 0 Å². The van der Waals surface area contributed by atoms with Crippen LogP contribution in [-0.4, -0.2) is 35.8 Å². The zero-order valence-corrected chi connectivity index (χ0v) is 14.9. The lowest BCUT2D eigenvalue weighted by atomic mass is 9.93. The first-order valence-electron chi connectivity index (χ1n) is 9.03. The monoisotopic (exact) mass is 346 g/mol. The van der Waals surface area contributed by atoms with Gasteiger partial charge in [0, 0.05) is 30.1 Å². The lowest BCUT2D eigenvalue weighted by molar-refractivity contribution is -0.132. The maximum Gasteiger partial charge on any atom is 0.246 e. The number of likely N-dealkylation sites (tertiary alicyclic amines) is 1. The van der Waals surface area contributed by atoms with E-state index in [1.807, 2.05) is 28.5 Å². The molecule has 2 amide bonds. The number of nitrogens with one attached hydrogen (secondary N) is 1. The summed E-state index contributed by atoms with van der Waals surface area (Å²) in [4.78, 5) is 27.8. The molecule has 1 N–H and O–H groups in total. The van der Waals surface area contributed by atoms with Crippen LogP contribution in [0.3, 0.4) is 0 Å². The van der Waals surface area contributed by atoms with Crippen LogP contribution >= 0.6 is 11.3 Å². The Labute approximate surface area is 147 Å². The van der Waals surface area contributed by atoms with Gasteiger partial charge in [0.2, 0.25) is 11.8 Å². The second-order valence-corrected chi connectivity index (χ2v) is 7.79. The van der Waals surface area contributed by atoms with Gasteiger partial charge < -0.3 is 10.2 Å². The molecule has 0 bridgehead atoms. The summed E-state index contributed by atoms with van der Waals surface area (Å²) in [6, 6.07) is 4.31. The van der Waals surface area contributed by atoms with Crippen LogP contribution in [0, 0.1) is 5.92 Å². The van der Waals surface area contributed by atoms with Gasteiger partial charge in [0.25, 0.3) is 0 Å². The van der Waals surface area contributed by atoms with E-state index in [1.54, 1.807) is 17.4 Å². The number of hydrogen-bond acceptors (Lipinski definition) is 3. The lowest BCUT2D eigenvalue weighted by Crippen LogP contribution is -2.47. The molecule has 1 aromatic heterocycles. The van der Waals surface area contributed by atoms with Crippen LogP contribution in [0.4, 0.5) is 0 Å². The summed E-state index contributed by atoms with van der Waals surface area (Å²) in [5.74, 6) is 0.0972. The van der Waals surface area contributed by atoms with Crippen molar-refractivity contribution >= 4 is 29.2 Å². The van der Waals surface area contributed by atoms with Crippen molar-refractivity contribution in [3.63, 3.8) is 0 Å². The molecule has 0 unspecified atom stereocenters. The van der Waals surface area contributed by atoms with E-state index in [0.717, 1.165) is 37.1 Å². The van der Waals surface area contributed by atoms with Crippen LogP contribution in [0.1, 0.15) is 49.8 Å². The Balaban J connectivity index is 1.51. The second-order valence-electron chi connectivity index (χ2n) is 6.82. The minimum Gasteiger partial charge on any atom is -0.353 e. The van der Waals surface area contributed by atoms with Crippen molar-refractivity contribution in [1.82, 2.24) is 10.2 Å². The smallest absolute Gasteiger partial charge is 0.246 e. The number of nitrogens with zero attached hydrogens (tertiary/aromatic N) is 1. The topological polar surface area (TPSA) is 49.4 Å². The third-order valence-corrected chi connectivity index (χ3v) is 5.83. The molecule has 1 saturated heterocycles. The summed E-state index contributed by atoms with van der Waals surface area (Å²) < 4.78 is 0. The Morgan fingerprint density at radius 1 is 1.17 bits per heavy atom. The van der Waals surface area contributed by atoms with Crippen LogP contribution < -0.4 is 5.32 Å². The third-order valence-electron chi connectivity index (χ3n) is 4.99. The van der Waals surface area contributed by atoms with Crippen molar-refractivity contribution in [2.45, 2.75) is 51.0 Å². The highest BCUT2D eigenvalue weighted by Crippen LogP contribution is 2.21. The predicted molar refractivity (Wildman–Crippen MR) is 97.7 cm³/mol. The van der Waals surface area contributed by atoms with Gasteiger partial charge in [-0.25, -0.2) is 0 Å². The predicted octanol–water partition coefficient (Wildman–Crippen LogP) is 3.45. The summed E-state index contributed by atoms with van der Waals surface area (Å²) in [6.45, 7) is 1.30. The zero-order chi connectivity index (χ0) is 16.8. The van der Waals surface area contributed by atoms with E-state index >= 15 is 0 Å². The fourth-order valence-electron chi connectivity index (χ4n) is 3.60. The molecule has 0 aromatic carbocycles. The maximum absolute atomic E-state index is 12.5. The Morgan fingerprint density at radius 2 is 2.00 bits per heavy atom. The standard InChI is InChI=1S/C19H26N2O2S/c22-18(11-10-17-9-5-13-24-17)21-12-4-6-15(14-21)19(23)20-16-7-2-1-3-8-16/h5,9-11,13,15-16H,1-4,6-8,12,14H2,(H,20,23)/b11-10-/t15-/m1/s1. The van der Waals surface area contributed by atoms with Gasteiger partial charge in [-0.05, 0) is 43.2 Å². The minimum atomic E-state index is -0.0558. The van der Waals surface area contributed by atoms with Crippen LogP contribution in [0.5, 0.6) is 0 Å². The van der Waals surface area contributed by atoms with E-state index < -0.39 is 0 Å². The summed E-state index contributed by atoms with van der Waals surface area (Å²) in [6.07, 6.45) is 11.2. The van der Waals surface area contributed by atoms with E-state index in [2.05, 4.69) is 5.32 Å². The van der Waals surface area contributed by atoms with Crippen molar-refractivity contribution in [2.24, 2.45) is 5.92 Å². The molecule has 130 valence electrons. The van der Waals surface area contributed by atoms with Crippen LogP contribution in [0.2, 0.25) is 0 Å². The average molecular weight is 346 g/mol. The molecule has 1 aliphatic heterocycles. The first kappa shape index (κ1) is 17.2. The largest absolute Gasteiger partial charge is 0.353 e. The van der Waals surface area contributed by atoms with Gasteiger partial charge in [0.15, 0.2) is 0 Å². The van der Waals surface area contributed by atoms with Crippen molar-refractivity contribution < 1.29 is 9.59 Å². The fraction of sp³-hybridized carbons (Fsp3) is 0.579. The molecule has 1 atom stereocenters. The quantitative estimate of drug-likeness (QED) is 0.849. The molecule has 0 radical (unpaired) electrons. The summed E-state index contributed by atoms with van der Waals surface area (Å²) in [5, 5.41) is 5.21. The van der Waals surface area contributed by atoms with E-state index in [1.165, 1.54) is 19.3 Å². The number of piperidine rings is 1. The SMILES string of the molecule is O=C(NC1CCCCC1)[C@@H]1CCCN(C(=O)/C=C\c2cccs2)C1. The van der Waals surface area contributed by atoms with Crippen molar-refractivity contribution in [1.29, 1.82) is 0 Å². The molecule has 2 fully saturated rings. The van der Waals surface area contributed by atoms with Crippen LogP contribution in [0.15, 0.2) is 23.6 Å². The molecule has 5 heteroatoms. The summed E-state index contributed by atoms with van der Waals surface area (Å²) >= 11 is 1.61. The third kappa shape index (κ3) is 4.69. The summed E-state index contributed by atoms with van der Waals surface area (Å²) in [5.41, 5.74) is 0. The number of rotatable bonds is 4. The highest BCUT2D eigenvalue weighted by atomic mass is 32.1. The van der Waals surface area contributed by atoms with Gasteiger partial charge in [-0.3, -0.25) is 9.59 Å². The molecular weight excluding hydrogens is 320 g/mol. The first-order chi connectivity index (χ1) is 11.7. The van der Waals surface area contributed by atoms with Crippen LogP contribution in [-0.2, 0) is 9.59 Å². The Kier molecular flexibility index (Phi) is 6.07. The maximum atomic E-state index is 12.5. The molecule has 1 aliphatic carbocycles. The molecule has 4 nitrogen and oxygen atoms in total. The number of hydrogen-bond donors (Lipinski definition) is 1. The second kappa shape index (κ2) is 8.47. The van der Waals surface area contributed by atoms with Crippen molar-refractivity contribution in [2.75, 3.05) is 13.1 Å². The number of thiophene rings is 1. The van der Waals surface area contributed by atoms with Gasteiger partial charge in [-0.1, -0.05) is 25.3 Å². The van der Waals surface area contributed by atoms with Gasteiger partial charge in [-0.15, -0.1) is 11.3 Å². The molecule has 3 rings (SSSR count). The van der Waals surface area contributed by atoms with E-state index in [-0.39, 0.29) is 17.7 Å². The number of carbonyl (C=O) groups excluding carboxylic acids is 2. The number of amides is 2. The molecular formula is C19H26N2O2S. The summed E-state index contributed by atoms with van der Waals surface area (Å²) in [7, 11) is 0. The number of carbonyl (C=O) groups is 2. The Hall–Kier alpha value is -1.62. The molecule has 2 aliphatic rings. The Morgan fingerprint density at radius 3 is 2.75 bits per heavy atom. The van der Waals surface area contributed by atoms with Crippen LogP contribution in [0.25, 0.3) is 6.08 Å². The van der Waals surface area contributed by atoms with Crippen molar-refractivity contribution in [3.05, 3.63) is 28.5 Å². The van der Waals surface area contributed by atoms with E-state index in [9.17, 15) is 9.59 Å². The minimum absolute atomic E-state index is 0.0126. The fourth-order valence-corrected chi connectivity index (χ4v) is 4.22. The normalized spacial score (nSPS) is 22.7. The van der Waals surface area contributed by atoms with E-state index in [0.29, 0.717) is 12.6 Å². The van der Waals surface area contributed by atoms with E-state index in [4.69, 9.17) is 0 Å².